The minimum Gasteiger partial charge on any atom is -0.507 e. The van der Waals surface area contributed by atoms with Crippen LogP contribution in [0.2, 0.25) is 0 Å². The zero-order valence-corrected chi connectivity index (χ0v) is 17.2. The molecule has 9 nitrogen and oxygen atoms in total. The largest absolute Gasteiger partial charge is 0.507 e. The summed E-state index contributed by atoms with van der Waals surface area (Å²) < 4.78 is 11.1. The molecular weight excluding hydrogens is 414 g/mol. The highest BCUT2D eigenvalue weighted by Crippen LogP contribution is 2.31. The summed E-state index contributed by atoms with van der Waals surface area (Å²) in [6.45, 7) is 1.14. The van der Waals surface area contributed by atoms with Crippen molar-refractivity contribution >= 4 is 17.1 Å². The number of phenols is 1. The SMILES string of the molecule is CCc1cc(C(=O)Cc2cscn2)c(O)cc1OC[C@@H]1O[C@H](CO)[C@@H](O)[C@@H](O)[C@@H]1O. The van der Waals surface area contributed by atoms with E-state index in [1.807, 2.05) is 6.92 Å². The third kappa shape index (κ3) is 4.80. The van der Waals surface area contributed by atoms with E-state index in [1.165, 1.54) is 17.4 Å². The van der Waals surface area contributed by atoms with Gasteiger partial charge in [-0.25, -0.2) is 4.98 Å². The van der Waals surface area contributed by atoms with Crippen molar-refractivity contribution in [2.75, 3.05) is 13.2 Å². The molecule has 10 heteroatoms. The molecule has 5 N–H and O–H groups in total. The van der Waals surface area contributed by atoms with Gasteiger partial charge in [-0.15, -0.1) is 11.3 Å². The Labute approximate surface area is 177 Å². The van der Waals surface area contributed by atoms with Crippen LogP contribution in [0, 0.1) is 0 Å². The number of aromatic hydroxyl groups is 1. The number of phenolic OH excluding ortho intramolecular Hbond substituents is 1. The van der Waals surface area contributed by atoms with Crippen molar-refractivity contribution in [1.82, 2.24) is 4.98 Å². The summed E-state index contributed by atoms with van der Waals surface area (Å²) in [5.74, 6) is -0.206. The monoisotopic (exact) mass is 439 g/mol. The average Bonchev–Trinajstić information content (AvgIpc) is 3.24. The molecule has 0 amide bonds. The van der Waals surface area contributed by atoms with Crippen LogP contribution in [-0.2, 0) is 17.6 Å². The number of nitrogens with zero attached hydrogens (tertiary/aromatic N) is 1. The lowest BCUT2D eigenvalue weighted by Gasteiger charge is -2.39. The fourth-order valence-electron chi connectivity index (χ4n) is 3.32. The molecule has 0 saturated carbocycles. The first-order valence-corrected chi connectivity index (χ1v) is 10.5. The number of aliphatic hydroxyl groups excluding tert-OH is 4. The number of aryl methyl sites for hydroxylation is 1. The number of aliphatic hydroxyl groups is 4. The van der Waals surface area contributed by atoms with Gasteiger partial charge < -0.3 is 35.0 Å². The molecule has 0 radical (unpaired) electrons. The molecule has 1 aromatic heterocycles. The minimum atomic E-state index is -1.49. The van der Waals surface area contributed by atoms with Crippen LogP contribution in [0.25, 0.3) is 0 Å². The summed E-state index contributed by atoms with van der Waals surface area (Å²) in [5, 5.41) is 51.3. The first-order valence-electron chi connectivity index (χ1n) is 9.55. The van der Waals surface area contributed by atoms with Crippen molar-refractivity contribution in [2.45, 2.75) is 50.3 Å². The summed E-state index contributed by atoms with van der Waals surface area (Å²) >= 11 is 1.39. The van der Waals surface area contributed by atoms with E-state index in [0.717, 1.165) is 0 Å². The van der Waals surface area contributed by atoms with Crippen LogP contribution in [-0.4, -0.2) is 80.0 Å². The summed E-state index contributed by atoms with van der Waals surface area (Å²) in [6.07, 6.45) is -5.79. The Morgan fingerprint density at radius 3 is 2.57 bits per heavy atom. The molecule has 0 bridgehead atoms. The van der Waals surface area contributed by atoms with Crippen LogP contribution in [0.1, 0.15) is 28.5 Å². The highest BCUT2D eigenvalue weighted by atomic mass is 32.1. The van der Waals surface area contributed by atoms with E-state index in [0.29, 0.717) is 23.4 Å². The summed E-state index contributed by atoms with van der Waals surface area (Å²) in [5.41, 5.74) is 3.10. The van der Waals surface area contributed by atoms with Crippen LogP contribution in [0.5, 0.6) is 11.5 Å². The first-order chi connectivity index (χ1) is 14.3. The Kier molecular flexibility index (Phi) is 7.40. The summed E-state index contributed by atoms with van der Waals surface area (Å²) in [6, 6.07) is 2.89. The lowest BCUT2D eigenvalue weighted by Crippen LogP contribution is -2.59. The van der Waals surface area contributed by atoms with Gasteiger partial charge >= 0.3 is 0 Å². The van der Waals surface area contributed by atoms with E-state index in [9.17, 15) is 30.3 Å². The van der Waals surface area contributed by atoms with Gasteiger partial charge in [-0.2, -0.15) is 0 Å². The van der Waals surface area contributed by atoms with Crippen LogP contribution in [0.4, 0.5) is 0 Å². The fraction of sp³-hybridized carbons (Fsp3) is 0.500. The molecule has 1 aromatic carbocycles. The van der Waals surface area contributed by atoms with Crippen molar-refractivity contribution in [3.8, 4) is 11.5 Å². The van der Waals surface area contributed by atoms with Crippen molar-refractivity contribution in [2.24, 2.45) is 0 Å². The molecule has 2 heterocycles. The number of carbonyl (C=O) groups is 1. The van der Waals surface area contributed by atoms with Crippen molar-refractivity contribution in [3.05, 3.63) is 39.8 Å². The molecule has 1 fully saturated rings. The molecule has 3 rings (SSSR count). The zero-order chi connectivity index (χ0) is 21.8. The van der Waals surface area contributed by atoms with E-state index < -0.39 is 37.1 Å². The molecule has 2 aromatic rings. The number of carbonyl (C=O) groups excluding carboxylic acids is 1. The summed E-state index contributed by atoms with van der Waals surface area (Å²) in [7, 11) is 0. The van der Waals surface area contributed by atoms with Crippen LogP contribution < -0.4 is 4.74 Å². The predicted octanol–water partition coefficient (Wildman–Crippen LogP) is 0.0577. The molecule has 5 atom stereocenters. The fourth-order valence-corrected chi connectivity index (χ4v) is 3.88. The van der Waals surface area contributed by atoms with E-state index in [2.05, 4.69) is 4.98 Å². The molecule has 1 aliphatic rings. The second-order valence-electron chi connectivity index (χ2n) is 7.09. The molecule has 0 unspecified atom stereocenters. The predicted molar refractivity (Wildman–Crippen MR) is 107 cm³/mol. The van der Waals surface area contributed by atoms with Gasteiger partial charge in [0.1, 0.15) is 48.6 Å². The topological polar surface area (TPSA) is 150 Å². The number of aromatic nitrogens is 1. The Balaban J connectivity index is 1.73. The summed E-state index contributed by atoms with van der Waals surface area (Å²) in [4.78, 5) is 16.6. The number of ketones is 1. The highest BCUT2D eigenvalue weighted by molar-refractivity contribution is 7.07. The van der Waals surface area contributed by atoms with E-state index in [-0.39, 0.29) is 30.1 Å². The van der Waals surface area contributed by atoms with E-state index >= 15 is 0 Å². The van der Waals surface area contributed by atoms with Crippen LogP contribution in [0.3, 0.4) is 0 Å². The number of hydrogen-bond donors (Lipinski definition) is 5. The van der Waals surface area contributed by atoms with Gasteiger partial charge in [0.15, 0.2) is 5.78 Å². The number of benzene rings is 1. The van der Waals surface area contributed by atoms with E-state index in [4.69, 9.17) is 9.47 Å². The number of Topliss-reactive ketones (excluding diaryl/α,β-unsaturated/α-hetero) is 1. The van der Waals surface area contributed by atoms with Gasteiger partial charge in [0.25, 0.3) is 0 Å². The van der Waals surface area contributed by atoms with Gasteiger partial charge in [0.05, 0.1) is 29.8 Å². The van der Waals surface area contributed by atoms with Gasteiger partial charge in [0, 0.05) is 11.4 Å². The Morgan fingerprint density at radius 2 is 1.93 bits per heavy atom. The molecule has 1 saturated heterocycles. The lowest BCUT2D eigenvalue weighted by molar-refractivity contribution is -0.234. The maximum atomic E-state index is 12.5. The van der Waals surface area contributed by atoms with Gasteiger partial charge in [-0.05, 0) is 18.1 Å². The second kappa shape index (κ2) is 9.82. The minimum absolute atomic E-state index is 0.0747. The molecule has 164 valence electrons. The van der Waals surface area contributed by atoms with Crippen molar-refractivity contribution in [3.63, 3.8) is 0 Å². The van der Waals surface area contributed by atoms with E-state index in [1.54, 1.807) is 17.0 Å². The Morgan fingerprint density at radius 1 is 1.20 bits per heavy atom. The second-order valence-corrected chi connectivity index (χ2v) is 7.81. The van der Waals surface area contributed by atoms with Gasteiger partial charge in [0.2, 0.25) is 0 Å². The van der Waals surface area contributed by atoms with Crippen molar-refractivity contribution < 1.29 is 39.8 Å². The Hall–Kier alpha value is -2.08. The third-order valence-corrected chi connectivity index (χ3v) is 5.71. The average molecular weight is 439 g/mol. The molecule has 0 spiro atoms. The maximum absolute atomic E-state index is 12.5. The molecule has 30 heavy (non-hydrogen) atoms. The van der Waals surface area contributed by atoms with Crippen LogP contribution in [0.15, 0.2) is 23.0 Å². The Bertz CT molecular complexity index is 857. The number of rotatable bonds is 8. The van der Waals surface area contributed by atoms with Crippen molar-refractivity contribution in [1.29, 1.82) is 0 Å². The third-order valence-electron chi connectivity index (χ3n) is 5.08. The first kappa shape index (κ1) is 22.6. The lowest BCUT2D eigenvalue weighted by atomic mass is 9.95. The number of hydrogen-bond acceptors (Lipinski definition) is 10. The number of thiazole rings is 1. The quantitative estimate of drug-likeness (QED) is 0.360. The number of ether oxygens (including phenoxy) is 2. The van der Waals surface area contributed by atoms with Gasteiger partial charge in [-0.1, -0.05) is 6.92 Å². The van der Waals surface area contributed by atoms with Crippen LogP contribution >= 0.6 is 11.3 Å². The maximum Gasteiger partial charge on any atom is 0.172 e. The standard InChI is InChI=1S/C20H25NO8S/c1-2-10-3-12(13(23)4-11-8-30-9-21-11)14(24)5-15(10)28-7-17-19(26)20(27)18(25)16(6-22)29-17/h3,5,8-9,16-20,22,24-27H,2,4,6-7H2,1H3/t16-,17+,18-,19-,20-/m1/s1. The molecule has 0 aliphatic carbocycles. The molecule has 1 aliphatic heterocycles. The van der Waals surface area contributed by atoms with Gasteiger partial charge in [-0.3, -0.25) is 4.79 Å². The smallest absolute Gasteiger partial charge is 0.172 e. The molecular formula is C20H25NO8S. The highest BCUT2D eigenvalue weighted by Gasteiger charge is 2.43. The normalized spacial score (nSPS) is 26.5. The zero-order valence-electron chi connectivity index (χ0n) is 16.3.